The summed E-state index contributed by atoms with van der Waals surface area (Å²) in [5.74, 6) is 0. The molecule has 16 heavy (non-hydrogen) atoms. The molecule has 1 atom stereocenters. The Balaban J connectivity index is 2.33. The first kappa shape index (κ1) is 13.4. The van der Waals surface area contributed by atoms with E-state index in [9.17, 15) is 4.79 Å². The molecule has 0 bridgehead atoms. The van der Waals surface area contributed by atoms with Crippen molar-refractivity contribution in [2.45, 2.75) is 23.6 Å². The van der Waals surface area contributed by atoms with Gasteiger partial charge in [0.2, 0.25) is 0 Å². The number of benzene rings is 1. The smallest absolute Gasteiger partial charge is 0.293 e. The third-order valence-corrected chi connectivity index (χ3v) is 4.74. The second-order valence-corrected chi connectivity index (χ2v) is 5.98. The number of hydrogen-bond acceptors (Lipinski definition) is 5. The van der Waals surface area contributed by atoms with Gasteiger partial charge >= 0.3 is 0 Å². The largest absolute Gasteiger partial charge is 0.467 e. The lowest BCUT2D eigenvalue weighted by molar-refractivity contribution is -0.128. The van der Waals surface area contributed by atoms with Crippen molar-refractivity contribution in [3.8, 4) is 0 Å². The van der Waals surface area contributed by atoms with Crippen LogP contribution in [0.4, 0.5) is 0 Å². The number of nitrogens with two attached hydrogens (primary N) is 1. The van der Waals surface area contributed by atoms with Crippen LogP contribution in [0.5, 0.6) is 0 Å². The SMILES string of the molecule is CC(COC=O)SSc1ccc(CN)cc1. The monoisotopic (exact) mass is 257 g/mol. The second-order valence-electron chi connectivity index (χ2n) is 3.27. The van der Waals surface area contributed by atoms with Crippen molar-refractivity contribution in [2.24, 2.45) is 5.73 Å². The minimum Gasteiger partial charge on any atom is -0.467 e. The Morgan fingerprint density at radius 2 is 2.12 bits per heavy atom. The van der Waals surface area contributed by atoms with Gasteiger partial charge in [-0.15, -0.1) is 0 Å². The molecule has 0 spiro atoms. The maximum absolute atomic E-state index is 10.0. The molecule has 0 aliphatic rings. The molecule has 0 saturated carbocycles. The molecule has 0 amide bonds. The van der Waals surface area contributed by atoms with Crippen molar-refractivity contribution >= 4 is 28.1 Å². The topological polar surface area (TPSA) is 52.3 Å². The van der Waals surface area contributed by atoms with E-state index in [0.717, 1.165) is 5.56 Å². The van der Waals surface area contributed by atoms with Gasteiger partial charge in [-0.05, 0) is 24.6 Å². The first-order chi connectivity index (χ1) is 7.76. The molecular formula is C11H15NO2S2. The van der Waals surface area contributed by atoms with Crippen LogP contribution < -0.4 is 5.73 Å². The van der Waals surface area contributed by atoms with E-state index in [4.69, 9.17) is 5.73 Å². The molecule has 0 radical (unpaired) electrons. The standard InChI is InChI=1S/C11H15NO2S2/c1-9(7-14-8-13)15-16-11-4-2-10(6-12)3-5-11/h2-5,8-9H,6-7,12H2,1H3. The van der Waals surface area contributed by atoms with Crippen molar-refractivity contribution in [3.63, 3.8) is 0 Å². The lowest BCUT2D eigenvalue weighted by atomic mass is 10.2. The molecule has 2 N–H and O–H groups in total. The lowest BCUT2D eigenvalue weighted by Crippen LogP contribution is -2.04. The fourth-order valence-electron chi connectivity index (χ4n) is 1.02. The minimum atomic E-state index is 0.282. The number of carbonyl (C=O) groups excluding carboxylic acids is 1. The average Bonchev–Trinajstić information content (AvgIpc) is 2.34. The van der Waals surface area contributed by atoms with Crippen LogP contribution in [-0.2, 0) is 16.1 Å². The van der Waals surface area contributed by atoms with E-state index in [2.05, 4.69) is 4.74 Å². The van der Waals surface area contributed by atoms with E-state index in [1.54, 1.807) is 21.6 Å². The van der Waals surface area contributed by atoms with Crippen LogP contribution in [0, 0.1) is 0 Å². The molecule has 0 heterocycles. The Morgan fingerprint density at radius 3 is 2.69 bits per heavy atom. The normalized spacial score (nSPS) is 12.1. The molecule has 1 unspecified atom stereocenters. The highest BCUT2D eigenvalue weighted by atomic mass is 33.1. The molecule has 0 aliphatic carbocycles. The van der Waals surface area contributed by atoms with Crippen molar-refractivity contribution in [2.75, 3.05) is 6.61 Å². The van der Waals surface area contributed by atoms with Gasteiger partial charge in [0.1, 0.15) is 6.61 Å². The summed E-state index contributed by atoms with van der Waals surface area (Å²) in [6, 6.07) is 8.14. The Morgan fingerprint density at radius 1 is 1.44 bits per heavy atom. The molecule has 5 heteroatoms. The molecular weight excluding hydrogens is 242 g/mol. The maximum atomic E-state index is 10.0. The molecule has 88 valence electrons. The highest BCUT2D eigenvalue weighted by Gasteiger charge is 2.04. The summed E-state index contributed by atoms with van der Waals surface area (Å²) in [5.41, 5.74) is 6.65. The molecule has 1 rings (SSSR count). The Bertz CT molecular complexity index is 316. The first-order valence-electron chi connectivity index (χ1n) is 4.94. The van der Waals surface area contributed by atoms with Gasteiger partial charge in [0, 0.05) is 16.7 Å². The van der Waals surface area contributed by atoms with Crippen LogP contribution in [0.25, 0.3) is 0 Å². The predicted octanol–water partition coefficient (Wildman–Crippen LogP) is 2.45. The summed E-state index contributed by atoms with van der Waals surface area (Å²) >= 11 is 0. The van der Waals surface area contributed by atoms with Gasteiger partial charge in [0.05, 0.1) is 0 Å². The molecule has 0 aromatic heterocycles. The zero-order valence-corrected chi connectivity index (χ0v) is 10.7. The van der Waals surface area contributed by atoms with Crippen LogP contribution >= 0.6 is 21.6 Å². The lowest BCUT2D eigenvalue weighted by Gasteiger charge is -2.08. The third kappa shape index (κ3) is 4.92. The summed E-state index contributed by atoms with van der Waals surface area (Å²) < 4.78 is 4.69. The van der Waals surface area contributed by atoms with Crippen molar-refractivity contribution in [1.82, 2.24) is 0 Å². The van der Waals surface area contributed by atoms with Gasteiger partial charge in [-0.25, -0.2) is 0 Å². The van der Waals surface area contributed by atoms with Gasteiger partial charge in [0.25, 0.3) is 6.47 Å². The predicted molar refractivity (Wildman–Crippen MR) is 69.3 cm³/mol. The highest BCUT2D eigenvalue weighted by molar-refractivity contribution is 8.76. The van der Waals surface area contributed by atoms with Gasteiger partial charge < -0.3 is 10.5 Å². The molecule has 0 aliphatic heterocycles. The van der Waals surface area contributed by atoms with Crippen LogP contribution in [-0.4, -0.2) is 18.3 Å². The van der Waals surface area contributed by atoms with E-state index >= 15 is 0 Å². The number of hydrogen-bond donors (Lipinski definition) is 1. The number of rotatable bonds is 7. The van der Waals surface area contributed by atoms with Crippen molar-refractivity contribution in [3.05, 3.63) is 29.8 Å². The quantitative estimate of drug-likeness (QED) is 0.600. The summed E-state index contributed by atoms with van der Waals surface area (Å²) in [6.07, 6.45) is 0. The molecule has 0 saturated heterocycles. The van der Waals surface area contributed by atoms with E-state index in [1.807, 2.05) is 31.2 Å². The van der Waals surface area contributed by atoms with E-state index in [1.165, 1.54) is 4.90 Å². The first-order valence-corrected chi connectivity index (χ1v) is 7.15. The van der Waals surface area contributed by atoms with Gasteiger partial charge in [-0.1, -0.05) is 33.7 Å². The third-order valence-electron chi connectivity index (χ3n) is 1.87. The van der Waals surface area contributed by atoms with Gasteiger partial charge in [0.15, 0.2) is 0 Å². The van der Waals surface area contributed by atoms with Crippen molar-refractivity contribution in [1.29, 1.82) is 0 Å². The van der Waals surface area contributed by atoms with E-state index < -0.39 is 0 Å². The van der Waals surface area contributed by atoms with Crippen LogP contribution in [0.3, 0.4) is 0 Å². The average molecular weight is 257 g/mol. The van der Waals surface area contributed by atoms with E-state index in [0.29, 0.717) is 19.6 Å². The van der Waals surface area contributed by atoms with Crippen molar-refractivity contribution < 1.29 is 9.53 Å². The fraction of sp³-hybridized carbons (Fsp3) is 0.364. The molecule has 1 aromatic carbocycles. The van der Waals surface area contributed by atoms with E-state index in [-0.39, 0.29) is 5.25 Å². The second kappa shape index (κ2) is 7.60. The van der Waals surface area contributed by atoms with Crippen LogP contribution in [0.15, 0.2) is 29.2 Å². The fourth-order valence-corrected chi connectivity index (χ4v) is 3.00. The van der Waals surface area contributed by atoms with Gasteiger partial charge in [-0.3, -0.25) is 4.79 Å². The minimum absolute atomic E-state index is 0.282. The molecule has 3 nitrogen and oxygen atoms in total. The Hall–Kier alpha value is -0.650. The summed E-state index contributed by atoms with van der Waals surface area (Å²) in [7, 11) is 3.36. The van der Waals surface area contributed by atoms with Gasteiger partial charge in [-0.2, -0.15) is 0 Å². The maximum Gasteiger partial charge on any atom is 0.293 e. The van der Waals surface area contributed by atoms with Crippen LogP contribution in [0.1, 0.15) is 12.5 Å². The summed E-state index contributed by atoms with van der Waals surface area (Å²) in [6.45, 7) is 3.52. The highest BCUT2D eigenvalue weighted by Crippen LogP contribution is 2.34. The Kier molecular flexibility index (Phi) is 6.37. The molecule has 0 fully saturated rings. The molecule has 1 aromatic rings. The zero-order valence-electron chi connectivity index (χ0n) is 9.09. The zero-order chi connectivity index (χ0) is 11.8. The number of ether oxygens (including phenoxy) is 1. The van der Waals surface area contributed by atoms with Crippen LogP contribution in [0.2, 0.25) is 0 Å². The number of carbonyl (C=O) groups is 1. The summed E-state index contributed by atoms with van der Waals surface area (Å²) in [4.78, 5) is 11.2. The Labute approximate surface area is 104 Å². The summed E-state index contributed by atoms with van der Waals surface area (Å²) in [5, 5.41) is 0.282.